The molecule has 1 saturated heterocycles. The number of amides is 1. The molecule has 0 aromatic heterocycles. The van der Waals surface area contributed by atoms with E-state index < -0.39 is 30.4 Å². The fourth-order valence-electron chi connectivity index (χ4n) is 2.31. The predicted octanol–water partition coefficient (Wildman–Crippen LogP) is 2.82. The van der Waals surface area contributed by atoms with Crippen molar-refractivity contribution in [3.05, 3.63) is 29.6 Å². The molecule has 2 rings (SSSR count). The lowest BCUT2D eigenvalue weighted by atomic mass is 9.96. The molecule has 1 aromatic carbocycles. The van der Waals surface area contributed by atoms with Gasteiger partial charge in [0.25, 0.3) is 5.91 Å². The minimum absolute atomic E-state index is 0.00587. The number of benzene rings is 1. The summed E-state index contributed by atoms with van der Waals surface area (Å²) in [6.07, 6.45) is -4.05. The Morgan fingerprint density at radius 2 is 2.05 bits per heavy atom. The summed E-state index contributed by atoms with van der Waals surface area (Å²) in [4.78, 5) is 13.2. The SMILES string of the molecule is Nc1ccc(F)cc1C(=O)N1CCCC(C(F)(F)F)C1. The van der Waals surface area contributed by atoms with Gasteiger partial charge in [-0.3, -0.25) is 4.79 Å². The van der Waals surface area contributed by atoms with Crippen molar-refractivity contribution >= 4 is 11.6 Å². The van der Waals surface area contributed by atoms with Crippen LogP contribution in [0.15, 0.2) is 18.2 Å². The van der Waals surface area contributed by atoms with Crippen LogP contribution in [0, 0.1) is 11.7 Å². The maximum Gasteiger partial charge on any atom is 0.393 e. The summed E-state index contributed by atoms with van der Waals surface area (Å²) >= 11 is 0. The Hall–Kier alpha value is -1.79. The van der Waals surface area contributed by atoms with Crippen LogP contribution in [0.1, 0.15) is 23.2 Å². The number of alkyl halides is 3. The number of nitrogen functional groups attached to an aromatic ring is 1. The number of nitrogens with zero attached hydrogens (tertiary/aromatic N) is 1. The van der Waals surface area contributed by atoms with E-state index in [9.17, 15) is 22.4 Å². The molecule has 7 heteroatoms. The number of hydrogen-bond donors (Lipinski definition) is 1. The van der Waals surface area contributed by atoms with Crippen LogP contribution in [0.4, 0.5) is 23.2 Å². The van der Waals surface area contributed by atoms with Crippen molar-refractivity contribution in [2.24, 2.45) is 5.92 Å². The molecule has 1 fully saturated rings. The maximum absolute atomic E-state index is 13.1. The van der Waals surface area contributed by atoms with Gasteiger partial charge in [0.1, 0.15) is 5.82 Å². The average Bonchev–Trinajstić information content (AvgIpc) is 2.40. The molecule has 2 N–H and O–H groups in total. The second-order valence-electron chi connectivity index (χ2n) is 4.86. The normalized spacial score (nSPS) is 20.0. The number of hydrogen-bond acceptors (Lipinski definition) is 2. The number of rotatable bonds is 1. The summed E-state index contributed by atoms with van der Waals surface area (Å²) in [7, 11) is 0. The van der Waals surface area contributed by atoms with Gasteiger partial charge in [0, 0.05) is 18.8 Å². The minimum atomic E-state index is -4.33. The summed E-state index contributed by atoms with van der Waals surface area (Å²) in [6, 6.07) is 3.28. The van der Waals surface area contributed by atoms with Crippen LogP contribution in [0.25, 0.3) is 0 Å². The van der Waals surface area contributed by atoms with E-state index >= 15 is 0 Å². The minimum Gasteiger partial charge on any atom is -0.398 e. The smallest absolute Gasteiger partial charge is 0.393 e. The number of likely N-dealkylation sites (tertiary alicyclic amines) is 1. The first-order valence-corrected chi connectivity index (χ1v) is 6.20. The molecule has 1 heterocycles. The fraction of sp³-hybridized carbons (Fsp3) is 0.462. The van der Waals surface area contributed by atoms with Crippen molar-refractivity contribution in [3.8, 4) is 0 Å². The fourth-order valence-corrected chi connectivity index (χ4v) is 2.31. The van der Waals surface area contributed by atoms with Crippen molar-refractivity contribution in [2.45, 2.75) is 19.0 Å². The summed E-state index contributed by atoms with van der Waals surface area (Å²) in [6.45, 7) is -0.181. The zero-order chi connectivity index (χ0) is 14.9. The van der Waals surface area contributed by atoms with Crippen molar-refractivity contribution < 1.29 is 22.4 Å². The largest absolute Gasteiger partial charge is 0.398 e. The molecule has 1 amide bonds. The number of nitrogens with two attached hydrogens (primary N) is 1. The van der Waals surface area contributed by atoms with E-state index in [1.54, 1.807) is 0 Å². The van der Waals surface area contributed by atoms with Gasteiger partial charge in [-0.25, -0.2) is 4.39 Å². The molecule has 1 unspecified atom stereocenters. The summed E-state index contributed by atoms with van der Waals surface area (Å²) in [5.41, 5.74) is 5.55. The number of carbonyl (C=O) groups is 1. The molecule has 3 nitrogen and oxygen atoms in total. The quantitative estimate of drug-likeness (QED) is 0.638. The van der Waals surface area contributed by atoms with Gasteiger partial charge in [-0.15, -0.1) is 0 Å². The van der Waals surface area contributed by atoms with Crippen molar-refractivity contribution in [1.29, 1.82) is 0 Å². The Labute approximate surface area is 113 Å². The lowest BCUT2D eigenvalue weighted by Gasteiger charge is -2.34. The lowest BCUT2D eigenvalue weighted by Crippen LogP contribution is -2.44. The van der Waals surface area contributed by atoms with Crippen LogP contribution in [-0.4, -0.2) is 30.1 Å². The highest BCUT2D eigenvalue weighted by Crippen LogP contribution is 2.33. The van der Waals surface area contributed by atoms with Gasteiger partial charge in [-0.1, -0.05) is 0 Å². The second-order valence-corrected chi connectivity index (χ2v) is 4.86. The molecular formula is C13H14F4N2O. The van der Waals surface area contributed by atoms with E-state index in [4.69, 9.17) is 5.73 Å². The van der Waals surface area contributed by atoms with Crippen LogP contribution in [0.5, 0.6) is 0 Å². The molecule has 20 heavy (non-hydrogen) atoms. The molecular weight excluding hydrogens is 276 g/mol. The molecule has 110 valence electrons. The van der Waals surface area contributed by atoms with Crippen LogP contribution >= 0.6 is 0 Å². The Morgan fingerprint density at radius 1 is 1.35 bits per heavy atom. The first-order valence-electron chi connectivity index (χ1n) is 6.20. The van der Waals surface area contributed by atoms with Crippen LogP contribution in [0.2, 0.25) is 0 Å². The molecule has 0 spiro atoms. The number of anilines is 1. The molecule has 0 aliphatic carbocycles. The van der Waals surface area contributed by atoms with Crippen LogP contribution < -0.4 is 5.73 Å². The predicted molar refractivity (Wildman–Crippen MR) is 65.5 cm³/mol. The highest BCUT2D eigenvalue weighted by Gasteiger charge is 2.42. The number of carbonyl (C=O) groups excluding carboxylic acids is 1. The molecule has 0 saturated carbocycles. The van der Waals surface area contributed by atoms with Crippen molar-refractivity contribution in [1.82, 2.24) is 4.90 Å². The summed E-state index contributed by atoms with van der Waals surface area (Å²) in [5.74, 6) is -2.84. The lowest BCUT2D eigenvalue weighted by molar-refractivity contribution is -0.184. The van der Waals surface area contributed by atoms with Crippen molar-refractivity contribution in [3.63, 3.8) is 0 Å². The number of halogens is 4. The van der Waals surface area contributed by atoms with Gasteiger partial charge >= 0.3 is 6.18 Å². The molecule has 1 aromatic rings. The first kappa shape index (κ1) is 14.6. The van der Waals surface area contributed by atoms with E-state index in [1.807, 2.05) is 0 Å². The Bertz CT molecular complexity index is 516. The molecule has 1 aliphatic heterocycles. The summed E-state index contributed by atoms with van der Waals surface area (Å²) in [5, 5.41) is 0. The number of piperidine rings is 1. The standard InChI is InChI=1S/C13H14F4N2O/c14-9-3-4-11(18)10(6-9)12(20)19-5-1-2-8(7-19)13(15,16)17/h3-4,6,8H,1-2,5,7,18H2. The maximum atomic E-state index is 13.1. The third kappa shape index (κ3) is 3.02. The zero-order valence-corrected chi connectivity index (χ0v) is 10.6. The zero-order valence-electron chi connectivity index (χ0n) is 10.6. The van der Waals surface area contributed by atoms with Crippen LogP contribution in [0.3, 0.4) is 0 Å². The van der Waals surface area contributed by atoms with Gasteiger partial charge in [0.05, 0.1) is 11.5 Å². The topological polar surface area (TPSA) is 46.3 Å². The van der Waals surface area contributed by atoms with Crippen LogP contribution in [-0.2, 0) is 0 Å². The average molecular weight is 290 g/mol. The van der Waals surface area contributed by atoms with E-state index in [2.05, 4.69) is 0 Å². The molecule has 1 atom stereocenters. The molecule has 0 radical (unpaired) electrons. The van der Waals surface area contributed by atoms with E-state index in [1.165, 1.54) is 6.07 Å². The van der Waals surface area contributed by atoms with E-state index in [0.717, 1.165) is 17.0 Å². The highest BCUT2D eigenvalue weighted by atomic mass is 19.4. The van der Waals surface area contributed by atoms with E-state index in [0.29, 0.717) is 0 Å². The molecule has 0 bridgehead atoms. The second kappa shape index (κ2) is 5.30. The third-order valence-electron chi connectivity index (χ3n) is 3.42. The van der Waals surface area contributed by atoms with Crippen molar-refractivity contribution in [2.75, 3.05) is 18.8 Å². The molecule has 1 aliphatic rings. The van der Waals surface area contributed by atoms with Gasteiger partial charge in [0.15, 0.2) is 0 Å². The highest BCUT2D eigenvalue weighted by molar-refractivity contribution is 5.99. The van der Waals surface area contributed by atoms with Gasteiger partial charge < -0.3 is 10.6 Å². The van der Waals surface area contributed by atoms with E-state index in [-0.39, 0.29) is 30.6 Å². The Morgan fingerprint density at radius 3 is 2.70 bits per heavy atom. The first-order chi connectivity index (χ1) is 9.29. The Balaban J connectivity index is 2.18. The third-order valence-corrected chi connectivity index (χ3v) is 3.42. The van der Waals surface area contributed by atoms with Gasteiger partial charge in [-0.2, -0.15) is 13.2 Å². The summed E-state index contributed by atoms with van der Waals surface area (Å²) < 4.78 is 51.2. The van der Waals surface area contributed by atoms with Gasteiger partial charge in [0.2, 0.25) is 0 Å². The Kier molecular flexibility index (Phi) is 3.87. The van der Waals surface area contributed by atoms with Gasteiger partial charge in [-0.05, 0) is 31.0 Å². The monoisotopic (exact) mass is 290 g/mol.